The van der Waals surface area contributed by atoms with Gasteiger partial charge >= 0.3 is 12.1 Å². The summed E-state index contributed by atoms with van der Waals surface area (Å²) >= 11 is 0. The van der Waals surface area contributed by atoms with Gasteiger partial charge in [0, 0.05) is 23.0 Å². The van der Waals surface area contributed by atoms with E-state index in [4.69, 9.17) is 14.6 Å². The van der Waals surface area contributed by atoms with Crippen LogP contribution in [-0.4, -0.2) is 55.7 Å². The minimum absolute atomic E-state index is 0.338. The number of carbonyl (C=O) groups excluding carboxylic acids is 1. The van der Waals surface area contributed by atoms with E-state index >= 15 is 0 Å². The van der Waals surface area contributed by atoms with Gasteiger partial charge in [-0.3, -0.25) is 10.1 Å². The quantitative estimate of drug-likeness (QED) is 0.329. The maximum Gasteiger partial charge on any atom is 0.411 e. The van der Waals surface area contributed by atoms with Crippen LogP contribution in [0.5, 0.6) is 5.75 Å². The summed E-state index contributed by atoms with van der Waals surface area (Å²) in [5.74, 6) is -0.0853. The highest BCUT2D eigenvalue weighted by Gasteiger charge is 2.15. The molecule has 0 radical (unpaired) electrons. The first-order chi connectivity index (χ1) is 17.0. The Morgan fingerprint density at radius 2 is 2.00 bits per heavy atom. The molecule has 0 aliphatic carbocycles. The molecule has 0 aliphatic rings. The van der Waals surface area contributed by atoms with E-state index in [0.29, 0.717) is 36.0 Å². The molecule has 0 aliphatic heterocycles. The minimum atomic E-state index is -1.04. The molecule has 182 valence electrons. The Hall–Kier alpha value is -4.41. The lowest BCUT2D eigenvalue weighted by molar-refractivity contribution is -0.137. The summed E-state index contributed by atoms with van der Waals surface area (Å²) in [6.45, 7) is 2.59. The van der Waals surface area contributed by atoms with Gasteiger partial charge in [0.1, 0.15) is 12.3 Å². The van der Waals surface area contributed by atoms with Crippen LogP contribution < -0.4 is 10.1 Å². The molecular formula is C24H26N6O5. The molecule has 2 aromatic heterocycles. The zero-order chi connectivity index (χ0) is 24.8. The summed E-state index contributed by atoms with van der Waals surface area (Å²) in [6.07, 6.45) is 3.27. The first-order valence-electron chi connectivity index (χ1n) is 11.2. The van der Waals surface area contributed by atoms with Crippen molar-refractivity contribution in [3.05, 3.63) is 54.2 Å². The highest BCUT2D eigenvalue weighted by molar-refractivity contribution is 5.90. The Kier molecular flexibility index (Phi) is 7.24. The fourth-order valence-corrected chi connectivity index (χ4v) is 3.71. The van der Waals surface area contributed by atoms with Crippen LogP contribution in [0.15, 0.2) is 48.7 Å². The van der Waals surface area contributed by atoms with Crippen LogP contribution in [0.4, 0.5) is 10.5 Å². The van der Waals surface area contributed by atoms with Crippen LogP contribution in [-0.2, 0) is 22.6 Å². The predicted octanol–water partition coefficient (Wildman–Crippen LogP) is 3.78. The smallest absolute Gasteiger partial charge is 0.411 e. The number of carbonyl (C=O) groups is 2. The van der Waals surface area contributed by atoms with Crippen molar-refractivity contribution >= 4 is 28.7 Å². The van der Waals surface area contributed by atoms with Crippen LogP contribution in [0, 0.1) is 0 Å². The number of hydrogen-bond donors (Lipinski definition) is 2. The molecule has 2 heterocycles. The fourth-order valence-electron chi connectivity index (χ4n) is 3.71. The number of carboxylic acids is 1. The number of carboxylic acid groups (broad SMARTS) is 1. The number of nitrogens with one attached hydrogen (secondary N) is 1. The van der Waals surface area contributed by atoms with E-state index in [9.17, 15) is 9.59 Å². The number of hydrogen-bond acceptors (Lipinski definition) is 7. The first-order valence-corrected chi connectivity index (χ1v) is 11.2. The number of ether oxygens (including phenoxy) is 2. The molecule has 4 rings (SSSR count). The Labute approximate surface area is 201 Å². The number of nitrogens with zero attached hydrogens (tertiary/aromatic N) is 5. The highest BCUT2D eigenvalue weighted by atomic mass is 16.5. The first kappa shape index (κ1) is 23.7. The number of tetrazole rings is 1. The van der Waals surface area contributed by atoms with E-state index in [0.717, 1.165) is 29.3 Å². The molecule has 0 fully saturated rings. The fraction of sp³-hybridized carbons (Fsp3) is 0.292. The summed E-state index contributed by atoms with van der Waals surface area (Å²) < 4.78 is 14.1. The van der Waals surface area contributed by atoms with Crippen molar-refractivity contribution in [3.8, 4) is 17.1 Å². The number of aromatic nitrogens is 5. The minimum Gasteiger partial charge on any atom is -0.496 e. The van der Waals surface area contributed by atoms with Crippen LogP contribution in [0.25, 0.3) is 22.3 Å². The molecule has 2 aromatic carbocycles. The molecule has 11 heteroatoms. The third kappa shape index (κ3) is 5.57. The molecule has 2 N–H and O–H groups in total. The monoisotopic (exact) mass is 478 g/mol. The molecule has 0 unspecified atom stereocenters. The van der Waals surface area contributed by atoms with Crippen LogP contribution in [0.1, 0.15) is 25.3 Å². The van der Waals surface area contributed by atoms with Crippen molar-refractivity contribution in [1.29, 1.82) is 0 Å². The van der Waals surface area contributed by atoms with Crippen molar-refractivity contribution < 1.29 is 24.2 Å². The van der Waals surface area contributed by atoms with E-state index in [2.05, 4.69) is 25.4 Å². The molecule has 0 saturated heterocycles. The third-order valence-corrected chi connectivity index (χ3v) is 5.45. The molecule has 0 atom stereocenters. The van der Waals surface area contributed by atoms with Crippen molar-refractivity contribution in [1.82, 2.24) is 24.8 Å². The van der Waals surface area contributed by atoms with E-state index in [1.54, 1.807) is 13.2 Å². The van der Waals surface area contributed by atoms with Crippen molar-refractivity contribution in [2.24, 2.45) is 0 Å². The summed E-state index contributed by atoms with van der Waals surface area (Å²) in [5, 5.41) is 24.2. The molecule has 0 spiro atoms. The van der Waals surface area contributed by atoms with Crippen LogP contribution >= 0.6 is 0 Å². The molecule has 1 amide bonds. The Balaban J connectivity index is 1.56. The lowest BCUT2D eigenvalue weighted by Gasteiger charge is -2.13. The third-order valence-electron chi connectivity index (χ3n) is 5.45. The average molecular weight is 479 g/mol. The number of methoxy groups -OCH3 is 1. The number of rotatable bonds is 10. The van der Waals surface area contributed by atoms with Gasteiger partial charge in [-0.1, -0.05) is 31.5 Å². The standard InChI is InChI=1S/C24H26N6O5/c1-3-4-11-35-24(33)25-19-8-7-16-9-10-29(20(16)13-19)14-18-6-5-17(12-21(18)34-2)23-26-27-28-30(23)15-22(31)32/h5-10,12-13H,3-4,11,14-15H2,1-2H3,(H,25,33)(H,31,32). The molecule has 11 nitrogen and oxygen atoms in total. The van der Waals surface area contributed by atoms with Gasteiger partial charge in [-0.2, -0.15) is 0 Å². The zero-order valence-electron chi connectivity index (χ0n) is 19.5. The number of fused-ring (bicyclic) bond motifs is 1. The topological polar surface area (TPSA) is 133 Å². The highest BCUT2D eigenvalue weighted by Crippen LogP contribution is 2.28. The van der Waals surface area contributed by atoms with Gasteiger partial charge in [0.2, 0.25) is 0 Å². The molecule has 35 heavy (non-hydrogen) atoms. The van der Waals surface area contributed by atoms with E-state index in [1.165, 1.54) is 4.68 Å². The summed E-state index contributed by atoms with van der Waals surface area (Å²) in [4.78, 5) is 23.1. The molecular weight excluding hydrogens is 452 g/mol. The van der Waals surface area contributed by atoms with E-state index in [1.807, 2.05) is 49.5 Å². The SMILES string of the molecule is CCCCOC(=O)Nc1ccc2ccn(Cc3ccc(-c4nnnn4CC(=O)O)cc3OC)c2c1. The number of amides is 1. The van der Waals surface area contributed by atoms with Crippen molar-refractivity contribution in [2.75, 3.05) is 19.0 Å². The van der Waals surface area contributed by atoms with Gasteiger partial charge in [-0.05, 0) is 46.5 Å². The van der Waals surface area contributed by atoms with Crippen molar-refractivity contribution in [3.63, 3.8) is 0 Å². The summed E-state index contributed by atoms with van der Waals surface area (Å²) in [7, 11) is 1.57. The molecule has 0 bridgehead atoms. The van der Waals surface area contributed by atoms with Crippen LogP contribution in [0.2, 0.25) is 0 Å². The molecule has 4 aromatic rings. The van der Waals surface area contributed by atoms with Gasteiger partial charge in [-0.15, -0.1) is 5.10 Å². The predicted molar refractivity (Wildman–Crippen MR) is 128 cm³/mol. The number of benzene rings is 2. The maximum atomic E-state index is 12.0. The van der Waals surface area contributed by atoms with Crippen LogP contribution in [0.3, 0.4) is 0 Å². The number of aliphatic carboxylic acids is 1. The lowest BCUT2D eigenvalue weighted by atomic mass is 10.1. The largest absolute Gasteiger partial charge is 0.496 e. The van der Waals surface area contributed by atoms with E-state index in [-0.39, 0.29) is 6.54 Å². The van der Waals surface area contributed by atoms with Gasteiger partial charge in [0.05, 0.1) is 25.8 Å². The Morgan fingerprint density at radius 3 is 2.77 bits per heavy atom. The average Bonchev–Trinajstić information content (AvgIpc) is 3.46. The van der Waals surface area contributed by atoms with Gasteiger partial charge in [0.15, 0.2) is 5.82 Å². The second kappa shape index (κ2) is 10.7. The normalized spacial score (nSPS) is 10.9. The zero-order valence-corrected chi connectivity index (χ0v) is 19.5. The maximum absolute atomic E-state index is 12.0. The van der Waals surface area contributed by atoms with E-state index < -0.39 is 12.1 Å². The molecule has 0 saturated carbocycles. The summed E-state index contributed by atoms with van der Waals surface area (Å²) in [6, 6.07) is 13.2. The number of unbranched alkanes of at least 4 members (excludes halogenated alkanes) is 1. The second-order valence-electron chi connectivity index (χ2n) is 7.91. The van der Waals surface area contributed by atoms with Gasteiger partial charge in [-0.25, -0.2) is 9.48 Å². The van der Waals surface area contributed by atoms with Gasteiger partial charge in [0.25, 0.3) is 0 Å². The Morgan fingerprint density at radius 1 is 1.14 bits per heavy atom. The Bertz CT molecular complexity index is 1350. The van der Waals surface area contributed by atoms with Crippen molar-refractivity contribution in [2.45, 2.75) is 32.9 Å². The lowest BCUT2D eigenvalue weighted by Crippen LogP contribution is -2.14. The summed E-state index contributed by atoms with van der Waals surface area (Å²) in [5.41, 5.74) is 3.13. The van der Waals surface area contributed by atoms with Gasteiger partial charge < -0.3 is 19.1 Å². The number of anilines is 1. The second-order valence-corrected chi connectivity index (χ2v) is 7.91.